The van der Waals surface area contributed by atoms with E-state index in [-0.39, 0.29) is 37.1 Å². The van der Waals surface area contributed by atoms with Crippen molar-refractivity contribution in [3.63, 3.8) is 0 Å². The van der Waals surface area contributed by atoms with Gasteiger partial charge in [-0.3, -0.25) is 14.4 Å². The summed E-state index contributed by atoms with van der Waals surface area (Å²) in [5, 5.41) is 15.3. The Balaban J connectivity index is -0.000000145. The van der Waals surface area contributed by atoms with Crippen LogP contribution in [0.5, 0.6) is 0 Å². The van der Waals surface area contributed by atoms with Gasteiger partial charge < -0.3 is 45.6 Å². The molecule has 0 aromatic heterocycles. The molecule has 0 aliphatic heterocycles. The molecule has 5 N–H and O–H groups in total. The van der Waals surface area contributed by atoms with Gasteiger partial charge >= 0.3 is 0 Å². The van der Waals surface area contributed by atoms with Gasteiger partial charge in [0.2, 0.25) is 5.91 Å². The first kappa shape index (κ1) is 63.8. The third-order valence-corrected chi connectivity index (χ3v) is 6.54. The molecule has 0 aliphatic carbocycles. The zero-order chi connectivity index (χ0) is 42.0. The van der Waals surface area contributed by atoms with Gasteiger partial charge in [-0.15, -0.1) is 0 Å². The Kier molecular flexibility index (Phi) is 57.8. The highest BCUT2D eigenvalue weighted by molar-refractivity contribution is 5.83. The molecule has 0 aromatic carbocycles. The molecule has 1 amide bonds. The Morgan fingerprint density at radius 1 is 0.463 bits per heavy atom. The first-order chi connectivity index (χ1) is 24.7. The number of nitrogens with one attached hydrogen (secondary N) is 5. The molecule has 0 radical (unpaired) electrons. The van der Waals surface area contributed by atoms with E-state index in [1.54, 1.807) is 20.8 Å². The number of ketones is 4. The van der Waals surface area contributed by atoms with Crippen LogP contribution in [0.2, 0.25) is 0 Å². The van der Waals surface area contributed by atoms with Crippen molar-refractivity contribution >= 4 is 29.0 Å². The van der Waals surface area contributed by atoms with E-state index in [0.717, 1.165) is 31.8 Å². The summed E-state index contributed by atoms with van der Waals surface area (Å²) >= 11 is 0. The molecule has 0 aliphatic rings. The summed E-state index contributed by atoms with van der Waals surface area (Å²) in [5.74, 6) is 1.50. The minimum absolute atomic E-state index is 0. The lowest BCUT2D eigenvalue weighted by molar-refractivity contribution is -0.124. The molecule has 0 heterocycles. The minimum atomic E-state index is -0.111. The fourth-order valence-corrected chi connectivity index (χ4v) is 3.14. The lowest BCUT2D eigenvalue weighted by Gasteiger charge is -2.09. The molecule has 0 atom stereocenters. The number of hydrogen-bond acceptors (Lipinski definition) is 11. The van der Waals surface area contributed by atoms with Crippen LogP contribution < -0.4 is 26.6 Å². The van der Waals surface area contributed by atoms with Crippen LogP contribution in [0.25, 0.3) is 0 Å². The van der Waals surface area contributed by atoms with Gasteiger partial charge in [0.05, 0.1) is 39.5 Å². The summed E-state index contributed by atoms with van der Waals surface area (Å²) in [6.45, 7) is 35.1. The highest BCUT2D eigenvalue weighted by Gasteiger charge is 2.02. The molecule has 0 aromatic rings. The van der Waals surface area contributed by atoms with Crippen molar-refractivity contribution in [2.24, 2.45) is 5.92 Å². The number of rotatable bonds is 27. The number of hydrogen-bond donors (Lipinski definition) is 5. The molecule has 0 saturated heterocycles. The SMILES string of the molecule is C.CC(=O)CCC(=O)NCCOCCOCCNC(C)C.CC(=O)CCCCCNC(C)C.CC(=O)CNC(C)C.CC(=O)CNC(C)C.CCC(C)C. The highest BCUT2D eigenvalue weighted by atomic mass is 16.5. The second kappa shape index (κ2) is 48.9. The summed E-state index contributed by atoms with van der Waals surface area (Å²) in [5.41, 5.74) is 0. The van der Waals surface area contributed by atoms with Crippen LogP contribution in [0.15, 0.2) is 0 Å². The first-order valence-corrected chi connectivity index (χ1v) is 20.0. The van der Waals surface area contributed by atoms with Crippen molar-refractivity contribution in [3.8, 4) is 0 Å². The summed E-state index contributed by atoms with van der Waals surface area (Å²) in [6, 6.07) is 1.89. The largest absolute Gasteiger partial charge is 0.378 e. The van der Waals surface area contributed by atoms with Gasteiger partial charge in [-0.1, -0.05) is 96.4 Å². The Hall–Kier alpha value is -2.09. The van der Waals surface area contributed by atoms with E-state index >= 15 is 0 Å². The lowest BCUT2D eigenvalue weighted by Crippen LogP contribution is -2.28. The zero-order valence-corrected chi connectivity index (χ0v) is 37.1. The highest BCUT2D eigenvalue weighted by Crippen LogP contribution is 1.99. The number of ether oxygens (including phenoxy) is 2. The van der Waals surface area contributed by atoms with E-state index < -0.39 is 0 Å². The van der Waals surface area contributed by atoms with Crippen LogP contribution in [0, 0.1) is 5.92 Å². The van der Waals surface area contributed by atoms with Crippen molar-refractivity contribution in [3.05, 3.63) is 0 Å². The monoisotopic (exact) mass is 778 g/mol. The smallest absolute Gasteiger partial charge is 0.220 e. The van der Waals surface area contributed by atoms with Crippen LogP contribution in [0.1, 0.15) is 156 Å². The normalized spacial score (nSPS) is 10.2. The molecule has 0 fully saturated rings. The molecular formula is C42H91N5O7. The van der Waals surface area contributed by atoms with Crippen molar-refractivity contribution in [1.82, 2.24) is 26.6 Å². The van der Waals surface area contributed by atoms with E-state index in [9.17, 15) is 24.0 Å². The van der Waals surface area contributed by atoms with Gasteiger partial charge in [0, 0.05) is 56.5 Å². The fraction of sp³-hybridized carbons (Fsp3) is 0.881. The molecule has 0 spiro atoms. The van der Waals surface area contributed by atoms with E-state index in [4.69, 9.17) is 9.47 Å². The summed E-state index contributed by atoms with van der Waals surface area (Å²) < 4.78 is 10.7. The van der Waals surface area contributed by atoms with Crippen LogP contribution in [-0.4, -0.2) is 112 Å². The summed E-state index contributed by atoms with van der Waals surface area (Å²) in [7, 11) is 0. The standard InChI is InChI=1S/C14H28N2O4.C10H21NO.2C6H13NO.C5H12.CH4/c1-12(2)15-6-8-19-10-11-20-9-7-16-14(18)5-4-13(3)17;1-9(2)11-8-6-4-5-7-10(3)12;2*1-5(2)7-4-6(3)8;1-4-5(2)3;/h12,15H,4-11H2,1-3H3,(H,16,18);9,11H,4-8H2,1-3H3;2*5,7H,4H2,1-3H3;5H,4H2,1-3H3;1H4. The Labute approximate surface area is 334 Å². The maximum atomic E-state index is 11.3. The minimum Gasteiger partial charge on any atom is -0.378 e. The molecule has 0 bridgehead atoms. The molecule has 0 saturated carbocycles. The second-order valence-corrected chi connectivity index (χ2v) is 14.8. The number of carbonyl (C=O) groups is 5. The molecule has 54 heavy (non-hydrogen) atoms. The molecule has 12 heteroatoms. The van der Waals surface area contributed by atoms with Crippen LogP contribution >= 0.6 is 0 Å². The number of unbranched alkanes of at least 4 members (excludes halogenated alkanes) is 2. The van der Waals surface area contributed by atoms with Crippen molar-refractivity contribution in [1.29, 1.82) is 0 Å². The van der Waals surface area contributed by atoms with Gasteiger partial charge in [-0.2, -0.15) is 0 Å². The lowest BCUT2D eigenvalue weighted by atomic mass is 10.1. The van der Waals surface area contributed by atoms with E-state index in [0.29, 0.717) is 82.4 Å². The first-order valence-electron chi connectivity index (χ1n) is 20.0. The Bertz CT molecular complexity index is 829. The number of carbonyl (C=O) groups excluding carboxylic acids is 5. The summed E-state index contributed by atoms with van der Waals surface area (Å²) in [6.07, 6.45) is 6.01. The molecular weight excluding hydrogens is 686 g/mol. The fourth-order valence-electron chi connectivity index (χ4n) is 3.14. The topological polar surface area (TPSA) is 164 Å². The molecule has 0 rings (SSSR count). The average molecular weight is 778 g/mol. The molecule has 326 valence electrons. The molecule has 0 unspecified atom stereocenters. The van der Waals surface area contributed by atoms with Gasteiger partial charge in [0.25, 0.3) is 0 Å². The number of amides is 1. The van der Waals surface area contributed by atoms with Gasteiger partial charge in [0.15, 0.2) is 0 Å². The number of Topliss-reactive ketones (excluding diaryl/α,β-unsaturated/α-hetero) is 4. The van der Waals surface area contributed by atoms with Gasteiger partial charge in [-0.25, -0.2) is 0 Å². The zero-order valence-electron chi connectivity index (χ0n) is 37.1. The Morgan fingerprint density at radius 3 is 1.19 bits per heavy atom. The Morgan fingerprint density at radius 2 is 0.852 bits per heavy atom. The molecule has 12 nitrogen and oxygen atoms in total. The van der Waals surface area contributed by atoms with Gasteiger partial charge in [0.1, 0.15) is 23.1 Å². The predicted molar refractivity (Wildman–Crippen MR) is 229 cm³/mol. The maximum Gasteiger partial charge on any atom is 0.220 e. The van der Waals surface area contributed by atoms with Crippen LogP contribution in [0.4, 0.5) is 0 Å². The van der Waals surface area contributed by atoms with E-state index in [2.05, 4.69) is 75.1 Å². The third kappa shape index (κ3) is 87.6. The van der Waals surface area contributed by atoms with Gasteiger partial charge in [-0.05, 0) is 53.0 Å². The van der Waals surface area contributed by atoms with E-state index in [1.807, 2.05) is 27.7 Å². The van der Waals surface area contributed by atoms with E-state index in [1.165, 1.54) is 26.2 Å². The second-order valence-electron chi connectivity index (χ2n) is 14.8. The van der Waals surface area contributed by atoms with Crippen molar-refractivity contribution in [2.45, 2.75) is 180 Å². The quantitative estimate of drug-likeness (QED) is 0.0581. The van der Waals surface area contributed by atoms with Crippen molar-refractivity contribution in [2.75, 3.05) is 59.2 Å². The summed E-state index contributed by atoms with van der Waals surface area (Å²) in [4.78, 5) is 53.1. The predicted octanol–water partition coefficient (Wildman–Crippen LogP) is 6.47. The van der Waals surface area contributed by atoms with Crippen molar-refractivity contribution < 1.29 is 33.4 Å². The van der Waals surface area contributed by atoms with Crippen LogP contribution in [-0.2, 0) is 33.4 Å². The van der Waals surface area contributed by atoms with Crippen LogP contribution in [0.3, 0.4) is 0 Å². The maximum absolute atomic E-state index is 11.3. The third-order valence-electron chi connectivity index (χ3n) is 6.54. The average Bonchev–Trinajstić information content (AvgIpc) is 3.05.